The maximum atomic E-state index is 11.7. The summed E-state index contributed by atoms with van der Waals surface area (Å²) >= 11 is 3.88. The van der Waals surface area contributed by atoms with Crippen molar-refractivity contribution in [2.24, 2.45) is 0 Å². The minimum Gasteiger partial charge on any atom is -0.294 e. The van der Waals surface area contributed by atoms with Gasteiger partial charge in [-0.3, -0.25) is 4.79 Å². The van der Waals surface area contributed by atoms with Crippen molar-refractivity contribution in [2.75, 3.05) is 0 Å². The number of halogens is 1. The van der Waals surface area contributed by atoms with E-state index in [0.29, 0.717) is 6.42 Å². The van der Waals surface area contributed by atoms with Gasteiger partial charge < -0.3 is 0 Å². The molecule has 1 heterocycles. The monoisotopic (exact) mass is 334 g/mol. The largest absolute Gasteiger partial charge is 0.294 e. The Bertz CT molecular complexity index is 330. The molecule has 0 aromatic carbocycles. The van der Waals surface area contributed by atoms with Crippen LogP contribution in [0.25, 0.3) is 0 Å². The molecule has 0 N–H and O–H groups in total. The van der Waals surface area contributed by atoms with Gasteiger partial charge in [-0.25, -0.2) is 0 Å². The van der Waals surface area contributed by atoms with Crippen LogP contribution in [0.4, 0.5) is 0 Å². The summed E-state index contributed by atoms with van der Waals surface area (Å²) < 4.78 is 1.18. The highest BCUT2D eigenvalue weighted by Gasteiger charge is 2.06. The first-order valence-electron chi connectivity index (χ1n) is 5.12. The molecule has 0 aliphatic rings. The Hall–Kier alpha value is -0.160. The van der Waals surface area contributed by atoms with Crippen molar-refractivity contribution in [2.45, 2.75) is 32.1 Å². The van der Waals surface area contributed by atoms with Crippen molar-refractivity contribution in [3.05, 3.63) is 32.5 Å². The lowest BCUT2D eigenvalue weighted by atomic mass is 10.1. The Balaban J connectivity index is 2.22. The highest BCUT2D eigenvalue weighted by molar-refractivity contribution is 14.1. The molecule has 0 radical (unpaired) electrons. The molecule has 0 spiro atoms. The number of carbonyl (C=O) groups is 1. The second-order valence-corrected chi connectivity index (χ2v) is 6.26. The van der Waals surface area contributed by atoms with E-state index >= 15 is 0 Å². The van der Waals surface area contributed by atoms with Gasteiger partial charge in [0.2, 0.25) is 0 Å². The van der Waals surface area contributed by atoms with E-state index in [1.54, 1.807) is 11.3 Å². The number of unbranched alkanes of at least 4 members (excludes halogenated alkanes) is 3. The molecule has 1 aromatic rings. The summed E-state index contributed by atoms with van der Waals surface area (Å²) in [6, 6.07) is 1.97. The number of allylic oxidation sites excluding steroid dienone is 1. The Kier molecular flexibility index (Phi) is 6.17. The van der Waals surface area contributed by atoms with Crippen LogP contribution in [-0.4, -0.2) is 5.78 Å². The van der Waals surface area contributed by atoms with Crippen LogP contribution in [-0.2, 0) is 0 Å². The number of rotatable bonds is 7. The Morgan fingerprint density at radius 2 is 2.27 bits per heavy atom. The number of thiophene rings is 1. The minimum absolute atomic E-state index is 0.285. The fraction of sp³-hybridized carbons (Fsp3) is 0.417. The van der Waals surface area contributed by atoms with Gasteiger partial charge in [-0.05, 0) is 47.9 Å². The van der Waals surface area contributed by atoms with Gasteiger partial charge in [0.15, 0.2) is 5.78 Å². The predicted octanol–water partition coefficient (Wildman–Crippen LogP) is 4.67. The molecule has 1 aromatic heterocycles. The molecule has 15 heavy (non-hydrogen) atoms. The van der Waals surface area contributed by atoms with Crippen molar-refractivity contribution in [1.29, 1.82) is 0 Å². The highest BCUT2D eigenvalue weighted by atomic mass is 127. The molecule has 0 atom stereocenters. The first-order chi connectivity index (χ1) is 7.24. The zero-order valence-electron chi connectivity index (χ0n) is 8.67. The van der Waals surface area contributed by atoms with E-state index in [4.69, 9.17) is 0 Å². The van der Waals surface area contributed by atoms with Crippen LogP contribution in [0.2, 0.25) is 0 Å². The van der Waals surface area contributed by atoms with Crippen LogP contribution in [0.15, 0.2) is 24.1 Å². The summed E-state index contributed by atoms with van der Waals surface area (Å²) in [5.74, 6) is 0.285. The summed E-state index contributed by atoms with van der Waals surface area (Å²) in [7, 11) is 0. The number of ketones is 1. The maximum absolute atomic E-state index is 11.7. The second-order valence-electron chi connectivity index (χ2n) is 3.45. The van der Waals surface area contributed by atoms with Gasteiger partial charge >= 0.3 is 0 Å². The van der Waals surface area contributed by atoms with E-state index in [1.165, 1.54) is 2.88 Å². The van der Waals surface area contributed by atoms with E-state index in [1.807, 2.05) is 17.5 Å². The van der Waals surface area contributed by atoms with Gasteiger partial charge in [-0.15, -0.1) is 17.9 Å². The molecular formula is C12H15IOS. The number of carbonyl (C=O) groups excluding carboxylic acids is 1. The third-order valence-electron chi connectivity index (χ3n) is 2.20. The fourth-order valence-electron chi connectivity index (χ4n) is 1.35. The van der Waals surface area contributed by atoms with Crippen LogP contribution < -0.4 is 0 Å². The minimum atomic E-state index is 0.285. The Morgan fingerprint density at radius 3 is 2.87 bits per heavy atom. The molecule has 0 bridgehead atoms. The molecular weight excluding hydrogens is 319 g/mol. The van der Waals surface area contributed by atoms with E-state index < -0.39 is 0 Å². The molecule has 82 valence electrons. The third kappa shape index (κ3) is 4.93. The lowest BCUT2D eigenvalue weighted by molar-refractivity contribution is 0.0979. The standard InChI is InChI=1S/C12H15IOS/c1-2-3-4-5-6-7-11(14)10-8-12(13)15-9-10/h2,8-9H,1,3-7H2. The normalized spacial score (nSPS) is 10.2. The summed E-state index contributed by atoms with van der Waals surface area (Å²) in [5.41, 5.74) is 0.883. The molecule has 0 fully saturated rings. The van der Waals surface area contributed by atoms with E-state index in [-0.39, 0.29) is 5.78 Å². The summed E-state index contributed by atoms with van der Waals surface area (Å²) in [5, 5.41) is 1.95. The third-order valence-corrected chi connectivity index (χ3v) is 3.99. The smallest absolute Gasteiger partial charge is 0.163 e. The molecule has 0 aliphatic carbocycles. The number of Topliss-reactive ketones (excluding diaryl/α,β-unsaturated/α-hetero) is 1. The highest BCUT2D eigenvalue weighted by Crippen LogP contribution is 2.18. The van der Waals surface area contributed by atoms with Crippen LogP contribution in [0.1, 0.15) is 42.5 Å². The lowest BCUT2D eigenvalue weighted by Gasteiger charge is -1.97. The van der Waals surface area contributed by atoms with Crippen LogP contribution >= 0.6 is 33.9 Å². The van der Waals surface area contributed by atoms with Crippen LogP contribution in [0, 0.1) is 2.88 Å². The molecule has 0 saturated carbocycles. The van der Waals surface area contributed by atoms with Crippen molar-refractivity contribution in [3.8, 4) is 0 Å². The second kappa shape index (κ2) is 7.17. The Labute approximate surface area is 109 Å². The van der Waals surface area contributed by atoms with E-state index in [0.717, 1.165) is 31.2 Å². The summed E-state index contributed by atoms with van der Waals surface area (Å²) in [6.45, 7) is 3.68. The van der Waals surface area contributed by atoms with Crippen molar-refractivity contribution < 1.29 is 4.79 Å². The molecule has 1 nitrogen and oxygen atoms in total. The zero-order chi connectivity index (χ0) is 11.1. The first-order valence-corrected chi connectivity index (χ1v) is 7.08. The maximum Gasteiger partial charge on any atom is 0.163 e. The van der Waals surface area contributed by atoms with Crippen molar-refractivity contribution in [3.63, 3.8) is 0 Å². The molecule has 0 aliphatic heterocycles. The molecule has 0 saturated heterocycles. The van der Waals surface area contributed by atoms with Gasteiger partial charge in [0.1, 0.15) is 0 Å². The average Bonchev–Trinajstić information content (AvgIpc) is 2.64. The predicted molar refractivity (Wildman–Crippen MR) is 74.6 cm³/mol. The van der Waals surface area contributed by atoms with Gasteiger partial charge in [-0.2, -0.15) is 0 Å². The van der Waals surface area contributed by atoms with Crippen molar-refractivity contribution in [1.82, 2.24) is 0 Å². The van der Waals surface area contributed by atoms with Gasteiger partial charge in [0.25, 0.3) is 0 Å². The Morgan fingerprint density at radius 1 is 1.47 bits per heavy atom. The van der Waals surface area contributed by atoms with Gasteiger partial charge in [-0.1, -0.05) is 12.5 Å². The van der Waals surface area contributed by atoms with E-state index in [2.05, 4.69) is 29.2 Å². The zero-order valence-corrected chi connectivity index (χ0v) is 11.6. The fourth-order valence-corrected chi connectivity index (χ4v) is 2.70. The topological polar surface area (TPSA) is 17.1 Å². The molecule has 1 rings (SSSR count). The van der Waals surface area contributed by atoms with Gasteiger partial charge in [0, 0.05) is 17.4 Å². The molecule has 3 heteroatoms. The van der Waals surface area contributed by atoms with Gasteiger partial charge in [0.05, 0.1) is 2.88 Å². The molecule has 0 unspecified atom stereocenters. The number of hydrogen-bond acceptors (Lipinski definition) is 2. The number of hydrogen-bond donors (Lipinski definition) is 0. The van der Waals surface area contributed by atoms with Crippen LogP contribution in [0.3, 0.4) is 0 Å². The van der Waals surface area contributed by atoms with Crippen LogP contribution in [0.5, 0.6) is 0 Å². The quantitative estimate of drug-likeness (QED) is 0.306. The van der Waals surface area contributed by atoms with Crippen molar-refractivity contribution >= 4 is 39.7 Å². The van der Waals surface area contributed by atoms with E-state index in [9.17, 15) is 4.79 Å². The summed E-state index contributed by atoms with van der Waals surface area (Å²) in [4.78, 5) is 11.7. The first kappa shape index (κ1) is 12.9. The summed E-state index contributed by atoms with van der Waals surface area (Å²) in [6.07, 6.45) is 6.95. The average molecular weight is 334 g/mol. The lowest BCUT2D eigenvalue weighted by Crippen LogP contribution is -1.96. The SMILES string of the molecule is C=CCCCCCC(=O)c1csc(I)c1. The molecule has 0 amide bonds.